The smallest absolute Gasteiger partial charge is 0.170 e. The maximum atomic E-state index is 5.77. The minimum Gasteiger partial charge on any atom is -0.352 e. The summed E-state index contributed by atoms with van der Waals surface area (Å²) in [6.45, 7) is 0.747. The molecule has 3 aromatic rings. The molecule has 4 heterocycles. The van der Waals surface area contributed by atoms with E-state index >= 15 is 0 Å². The van der Waals surface area contributed by atoms with Gasteiger partial charge in [0.2, 0.25) is 0 Å². The van der Waals surface area contributed by atoms with Gasteiger partial charge in [0.15, 0.2) is 5.11 Å². The van der Waals surface area contributed by atoms with Gasteiger partial charge in [-0.1, -0.05) is 18.9 Å². The Morgan fingerprint density at radius 1 is 1.03 bits per heavy atom. The van der Waals surface area contributed by atoms with Crippen molar-refractivity contribution in [2.24, 2.45) is 0 Å². The van der Waals surface area contributed by atoms with Crippen molar-refractivity contribution < 1.29 is 0 Å². The maximum Gasteiger partial charge on any atom is 0.170 e. The topological polar surface area (TPSA) is 46.0 Å². The summed E-state index contributed by atoms with van der Waals surface area (Å²) in [5, 5.41) is 4.31. The van der Waals surface area contributed by atoms with Crippen LogP contribution in [-0.2, 0) is 6.54 Å². The van der Waals surface area contributed by atoms with Crippen LogP contribution in [0, 0.1) is 0 Å². The second-order valence-corrected chi connectivity index (χ2v) is 8.33. The molecule has 148 valence electrons. The van der Waals surface area contributed by atoms with Gasteiger partial charge in [0, 0.05) is 43.6 Å². The Hall–Kier alpha value is -2.73. The van der Waals surface area contributed by atoms with Crippen LogP contribution in [0.25, 0.3) is 0 Å². The molecule has 1 saturated heterocycles. The molecule has 0 spiro atoms. The predicted molar refractivity (Wildman–Crippen MR) is 117 cm³/mol. The van der Waals surface area contributed by atoms with E-state index in [1.807, 2.05) is 30.7 Å². The second kappa shape index (κ2) is 7.95. The first-order valence-electron chi connectivity index (χ1n) is 10.3. The third-order valence-electron chi connectivity index (χ3n) is 6.13. The molecule has 0 radical (unpaired) electrons. The third-order valence-corrected chi connectivity index (χ3v) is 6.48. The lowest BCUT2D eigenvalue weighted by Gasteiger charge is -2.27. The number of nitrogens with zero attached hydrogens (tertiary/aromatic N) is 4. The molecule has 2 fully saturated rings. The number of rotatable bonds is 5. The van der Waals surface area contributed by atoms with Crippen molar-refractivity contribution >= 4 is 17.3 Å². The van der Waals surface area contributed by atoms with E-state index in [-0.39, 0.29) is 12.1 Å². The fourth-order valence-electron chi connectivity index (χ4n) is 4.66. The van der Waals surface area contributed by atoms with Crippen LogP contribution in [0.1, 0.15) is 60.6 Å². The number of aromatic nitrogens is 3. The third kappa shape index (κ3) is 3.65. The van der Waals surface area contributed by atoms with E-state index in [4.69, 9.17) is 12.2 Å². The van der Waals surface area contributed by atoms with Gasteiger partial charge in [-0.05, 0) is 66.5 Å². The van der Waals surface area contributed by atoms with E-state index in [9.17, 15) is 0 Å². The number of thiocarbonyl (C=S) groups is 1. The zero-order valence-electron chi connectivity index (χ0n) is 16.3. The van der Waals surface area contributed by atoms with Gasteiger partial charge in [-0.25, -0.2) is 0 Å². The lowest BCUT2D eigenvalue weighted by atomic mass is 9.99. The predicted octanol–water partition coefficient (Wildman–Crippen LogP) is 4.57. The van der Waals surface area contributed by atoms with Crippen molar-refractivity contribution in [3.63, 3.8) is 0 Å². The van der Waals surface area contributed by atoms with Crippen molar-refractivity contribution in [2.45, 2.75) is 50.4 Å². The molecule has 3 aromatic heterocycles. The molecule has 0 amide bonds. The summed E-state index contributed by atoms with van der Waals surface area (Å²) in [6, 6.07) is 13.2. The molecular weight excluding hydrogens is 378 g/mol. The number of hydrogen-bond donors (Lipinski definition) is 1. The normalized spacial score (nSPS) is 22.2. The summed E-state index contributed by atoms with van der Waals surface area (Å²) in [4.78, 5) is 11.1. The SMILES string of the molecule is S=C1N[C@@H](c2ccccn2)[C@@H](c2ccn(C3CCCC3)c2)N1Cc1ccncc1. The lowest BCUT2D eigenvalue weighted by molar-refractivity contribution is 0.310. The maximum absolute atomic E-state index is 5.77. The highest BCUT2D eigenvalue weighted by Gasteiger charge is 2.40. The summed E-state index contributed by atoms with van der Waals surface area (Å²) in [7, 11) is 0. The highest BCUT2D eigenvalue weighted by atomic mass is 32.1. The van der Waals surface area contributed by atoms with Gasteiger partial charge in [-0.3, -0.25) is 9.97 Å². The second-order valence-electron chi connectivity index (χ2n) is 7.94. The first-order chi connectivity index (χ1) is 14.3. The Kier molecular flexibility index (Phi) is 5.02. The van der Waals surface area contributed by atoms with Crippen LogP contribution in [0.3, 0.4) is 0 Å². The molecule has 1 N–H and O–H groups in total. The summed E-state index contributed by atoms with van der Waals surface area (Å²) in [6.07, 6.45) is 15.3. The Morgan fingerprint density at radius 2 is 1.86 bits per heavy atom. The molecule has 2 aliphatic rings. The van der Waals surface area contributed by atoms with E-state index in [0.717, 1.165) is 17.4 Å². The van der Waals surface area contributed by atoms with Crippen molar-refractivity contribution in [1.29, 1.82) is 0 Å². The molecule has 29 heavy (non-hydrogen) atoms. The summed E-state index contributed by atoms with van der Waals surface area (Å²) in [5.74, 6) is 0. The molecule has 1 aliphatic carbocycles. The first-order valence-corrected chi connectivity index (χ1v) is 10.7. The van der Waals surface area contributed by atoms with Gasteiger partial charge in [0.05, 0.1) is 17.8 Å². The Bertz CT molecular complexity index is 965. The van der Waals surface area contributed by atoms with Gasteiger partial charge >= 0.3 is 0 Å². The number of pyridine rings is 2. The lowest BCUT2D eigenvalue weighted by Crippen LogP contribution is -2.29. The largest absolute Gasteiger partial charge is 0.352 e. The van der Waals surface area contributed by atoms with Crippen molar-refractivity contribution in [3.8, 4) is 0 Å². The van der Waals surface area contributed by atoms with Gasteiger partial charge in [0.1, 0.15) is 0 Å². The van der Waals surface area contributed by atoms with Crippen LogP contribution in [-0.4, -0.2) is 24.5 Å². The molecule has 2 atom stereocenters. The standard InChI is InChI=1S/C23H25N5S/c29-23-26-21(20-7-3-4-11-25-20)22(28(23)15-17-8-12-24-13-9-17)18-10-14-27(16-18)19-5-1-2-6-19/h3-4,7-14,16,19,21-22H,1-2,5-6,15H2,(H,26,29)/t21-,22+/m0/s1. The van der Waals surface area contributed by atoms with Crippen LogP contribution in [0.2, 0.25) is 0 Å². The van der Waals surface area contributed by atoms with Gasteiger partial charge < -0.3 is 14.8 Å². The summed E-state index contributed by atoms with van der Waals surface area (Å²) >= 11 is 5.77. The van der Waals surface area contributed by atoms with Gasteiger partial charge in [-0.15, -0.1) is 0 Å². The minimum atomic E-state index is 0.0324. The molecule has 6 heteroatoms. The van der Waals surface area contributed by atoms with Crippen molar-refractivity contribution in [3.05, 3.63) is 84.2 Å². The molecule has 0 aromatic carbocycles. The Balaban J connectivity index is 1.50. The fourth-order valence-corrected chi connectivity index (χ4v) is 4.96. The van der Waals surface area contributed by atoms with E-state index in [1.165, 1.54) is 36.8 Å². The highest BCUT2D eigenvalue weighted by molar-refractivity contribution is 7.80. The zero-order valence-corrected chi connectivity index (χ0v) is 17.1. The molecule has 1 aliphatic heterocycles. The summed E-state index contributed by atoms with van der Waals surface area (Å²) < 4.78 is 2.41. The van der Waals surface area contributed by atoms with Gasteiger partial charge in [0.25, 0.3) is 0 Å². The van der Waals surface area contributed by atoms with Crippen LogP contribution < -0.4 is 5.32 Å². The van der Waals surface area contributed by atoms with E-state index < -0.39 is 0 Å². The molecule has 0 unspecified atom stereocenters. The number of hydrogen-bond acceptors (Lipinski definition) is 3. The molecular formula is C23H25N5S. The van der Waals surface area contributed by atoms with Crippen LogP contribution in [0.5, 0.6) is 0 Å². The average molecular weight is 404 g/mol. The van der Waals surface area contributed by atoms with Crippen molar-refractivity contribution in [1.82, 2.24) is 24.8 Å². The Labute approximate surface area is 176 Å². The summed E-state index contributed by atoms with van der Waals surface area (Å²) in [5.41, 5.74) is 3.51. The highest BCUT2D eigenvalue weighted by Crippen LogP contribution is 2.40. The van der Waals surface area contributed by atoms with Crippen molar-refractivity contribution in [2.75, 3.05) is 0 Å². The average Bonchev–Trinajstić information content (AvgIpc) is 3.50. The van der Waals surface area contributed by atoms with E-state index in [0.29, 0.717) is 6.04 Å². The van der Waals surface area contributed by atoms with Crippen LogP contribution in [0.4, 0.5) is 0 Å². The molecule has 5 nitrogen and oxygen atoms in total. The molecule has 5 rings (SSSR count). The molecule has 0 bridgehead atoms. The van der Waals surface area contributed by atoms with E-state index in [2.05, 4.69) is 61.4 Å². The molecule has 1 saturated carbocycles. The van der Waals surface area contributed by atoms with Crippen LogP contribution >= 0.6 is 12.2 Å². The number of nitrogens with one attached hydrogen (secondary N) is 1. The quantitative estimate of drug-likeness (QED) is 0.633. The first kappa shape index (κ1) is 18.3. The monoisotopic (exact) mass is 403 g/mol. The van der Waals surface area contributed by atoms with Crippen LogP contribution in [0.15, 0.2) is 67.4 Å². The van der Waals surface area contributed by atoms with Gasteiger partial charge in [-0.2, -0.15) is 0 Å². The Morgan fingerprint density at radius 3 is 2.62 bits per heavy atom. The minimum absolute atomic E-state index is 0.0324. The van der Waals surface area contributed by atoms with E-state index in [1.54, 1.807) is 0 Å². The zero-order chi connectivity index (χ0) is 19.6. The fraction of sp³-hybridized carbons (Fsp3) is 0.348.